The molecule has 0 bridgehead atoms. The number of rotatable bonds is 3. The first-order chi connectivity index (χ1) is 4.33. The molecule has 0 aromatic rings. The molecule has 3 heteroatoms. The average molecular weight is 150 g/mol. The fourth-order valence-electron chi connectivity index (χ4n) is 0.500. The van der Waals surface area contributed by atoms with Crippen molar-refractivity contribution < 1.29 is 8.42 Å². The van der Waals surface area contributed by atoms with Crippen molar-refractivity contribution in [1.82, 2.24) is 0 Å². The Balaban J connectivity index is 0. The predicted octanol–water partition coefficient (Wildman–Crippen LogP) is 1.92. The minimum Gasteiger partial charge on any atom is -0.168 e. The van der Waals surface area contributed by atoms with Crippen LogP contribution in [0.2, 0.25) is 0 Å². The van der Waals surface area contributed by atoms with Crippen LogP contribution in [0.5, 0.6) is 0 Å². The summed E-state index contributed by atoms with van der Waals surface area (Å²) >= 11 is -0.750. The molecule has 0 aromatic carbocycles. The van der Waals surface area contributed by atoms with Gasteiger partial charge >= 0.3 is 11.6 Å². The molecule has 0 saturated carbocycles. The summed E-state index contributed by atoms with van der Waals surface area (Å²) < 4.78 is 16.6. The molecule has 0 atom stereocenters. The van der Waals surface area contributed by atoms with Gasteiger partial charge in [0.1, 0.15) is 0 Å². The minimum atomic E-state index is -0.750. The van der Waals surface area contributed by atoms with E-state index < -0.39 is 11.6 Å². The summed E-state index contributed by atoms with van der Waals surface area (Å²) in [5, 5.41) is 0. The van der Waals surface area contributed by atoms with Gasteiger partial charge in [-0.1, -0.05) is 39.5 Å². The molecule has 0 aromatic heterocycles. The van der Waals surface area contributed by atoms with E-state index in [0.29, 0.717) is 0 Å². The minimum absolute atomic E-state index is 0.750. The van der Waals surface area contributed by atoms with Gasteiger partial charge in [0.15, 0.2) is 0 Å². The van der Waals surface area contributed by atoms with E-state index in [1.807, 2.05) is 0 Å². The fraction of sp³-hybridized carbons (Fsp3) is 1.00. The van der Waals surface area contributed by atoms with Crippen molar-refractivity contribution >= 4 is 11.6 Å². The first-order valence-corrected chi connectivity index (χ1v) is 3.91. The van der Waals surface area contributed by atoms with Crippen LogP contribution in [0.25, 0.3) is 0 Å². The van der Waals surface area contributed by atoms with Crippen LogP contribution >= 0.6 is 0 Å². The summed E-state index contributed by atoms with van der Waals surface area (Å²) in [4.78, 5) is 0. The van der Waals surface area contributed by atoms with Crippen LogP contribution in [0.3, 0.4) is 0 Å². The fourth-order valence-corrected chi connectivity index (χ4v) is 0.500. The zero-order valence-electron chi connectivity index (χ0n) is 6.05. The van der Waals surface area contributed by atoms with Gasteiger partial charge in [0, 0.05) is 0 Å². The first-order valence-electron chi connectivity index (χ1n) is 3.25. The van der Waals surface area contributed by atoms with Gasteiger partial charge in [-0.2, -0.15) is 8.42 Å². The summed E-state index contributed by atoms with van der Waals surface area (Å²) in [5.41, 5.74) is 0. The van der Waals surface area contributed by atoms with Crippen LogP contribution in [-0.2, 0) is 11.6 Å². The Morgan fingerprint density at radius 3 is 1.33 bits per heavy atom. The van der Waals surface area contributed by atoms with E-state index in [9.17, 15) is 0 Å². The number of hydrogen-bond acceptors (Lipinski definition) is 2. The highest BCUT2D eigenvalue weighted by Gasteiger charge is 1.75. The van der Waals surface area contributed by atoms with Crippen molar-refractivity contribution in [3.05, 3.63) is 0 Å². The maximum atomic E-state index is 8.29. The van der Waals surface area contributed by atoms with Gasteiger partial charge in [0.25, 0.3) is 0 Å². The van der Waals surface area contributed by atoms with Crippen LogP contribution < -0.4 is 0 Å². The highest BCUT2D eigenvalue weighted by Crippen LogP contribution is 1.95. The van der Waals surface area contributed by atoms with Crippen LogP contribution in [0.1, 0.15) is 39.5 Å². The van der Waals surface area contributed by atoms with Gasteiger partial charge in [-0.25, -0.2) is 0 Å². The lowest BCUT2D eigenvalue weighted by Gasteiger charge is -1.86. The van der Waals surface area contributed by atoms with Crippen LogP contribution in [0.15, 0.2) is 0 Å². The van der Waals surface area contributed by atoms with Crippen molar-refractivity contribution in [2.24, 2.45) is 0 Å². The molecule has 9 heavy (non-hydrogen) atoms. The van der Waals surface area contributed by atoms with Crippen molar-refractivity contribution in [3.8, 4) is 0 Å². The molecule has 0 spiro atoms. The third kappa shape index (κ3) is 33.3. The largest absolute Gasteiger partial charge is 0.335 e. The molecular weight excluding hydrogens is 136 g/mol. The Bertz CT molecular complexity index is 63.5. The summed E-state index contributed by atoms with van der Waals surface area (Å²) in [6.07, 6.45) is 5.54. The second-order valence-electron chi connectivity index (χ2n) is 1.78. The average Bonchev–Trinajstić information content (AvgIpc) is 1.86. The molecule has 56 valence electrons. The molecular formula is C6H14O2S. The normalized spacial score (nSPS) is 7.33. The van der Waals surface area contributed by atoms with E-state index in [1.165, 1.54) is 25.7 Å². The topological polar surface area (TPSA) is 34.1 Å². The van der Waals surface area contributed by atoms with Gasteiger partial charge in [0.2, 0.25) is 0 Å². The predicted molar refractivity (Wildman–Crippen MR) is 38.7 cm³/mol. The lowest BCUT2D eigenvalue weighted by atomic mass is 10.2. The first kappa shape index (κ1) is 11.6. The SMILES string of the molecule is CCCCCC.O=S=O. The van der Waals surface area contributed by atoms with Crippen molar-refractivity contribution in [2.45, 2.75) is 39.5 Å². The molecule has 0 N–H and O–H groups in total. The molecule has 0 aliphatic rings. The van der Waals surface area contributed by atoms with Crippen molar-refractivity contribution in [3.63, 3.8) is 0 Å². The zero-order chi connectivity index (χ0) is 7.54. The van der Waals surface area contributed by atoms with E-state index in [1.54, 1.807) is 0 Å². The quantitative estimate of drug-likeness (QED) is 0.576. The van der Waals surface area contributed by atoms with E-state index in [4.69, 9.17) is 8.42 Å². The van der Waals surface area contributed by atoms with Gasteiger partial charge in [0.05, 0.1) is 0 Å². The van der Waals surface area contributed by atoms with E-state index in [2.05, 4.69) is 13.8 Å². The molecule has 0 aliphatic heterocycles. The highest BCUT2D eigenvalue weighted by molar-refractivity contribution is 7.51. The van der Waals surface area contributed by atoms with Crippen molar-refractivity contribution in [1.29, 1.82) is 0 Å². The summed E-state index contributed by atoms with van der Waals surface area (Å²) in [7, 11) is 0. The Morgan fingerprint density at radius 1 is 1.00 bits per heavy atom. The molecule has 2 nitrogen and oxygen atoms in total. The summed E-state index contributed by atoms with van der Waals surface area (Å²) in [6.45, 7) is 4.46. The Hall–Kier alpha value is -0.180. The van der Waals surface area contributed by atoms with Gasteiger partial charge in [-0.3, -0.25) is 0 Å². The maximum absolute atomic E-state index is 8.29. The third-order valence-electron chi connectivity index (χ3n) is 0.957. The third-order valence-corrected chi connectivity index (χ3v) is 0.957. The van der Waals surface area contributed by atoms with Crippen LogP contribution in [-0.4, -0.2) is 8.42 Å². The molecule has 0 fully saturated rings. The second-order valence-corrected chi connectivity index (χ2v) is 1.91. The van der Waals surface area contributed by atoms with Crippen molar-refractivity contribution in [2.75, 3.05) is 0 Å². The van der Waals surface area contributed by atoms with E-state index >= 15 is 0 Å². The van der Waals surface area contributed by atoms with E-state index in [0.717, 1.165) is 0 Å². The second kappa shape index (κ2) is 15.7. The molecule has 0 aliphatic carbocycles. The highest BCUT2D eigenvalue weighted by atomic mass is 32.1. The standard InChI is InChI=1S/C6H14.O2S/c1-3-5-6-4-2;1-3-2/h3-6H2,1-2H3;. The van der Waals surface area contributed by atoms with Gasteiger partial charge < -0.3 is 0 Å². The van der Waals surface area contributed by atoms with Crippen LogP contribution in [0, 0.1) is 0 Å². The van der Waals surface area contributed by atoms with Gasteiger partial charge in [-0.05, 0) is 0 Å². The monoisotopic (exact) mass is 150 g/mol. The Labute approximate surface area is 60.3 Å². The molecule has 0 unspecified atom stereocenters. The maximum Gasteiger partial charge on any atom is 0.335 e. The van der Waals surface area contributed by atoms with E-state index in [-0.39, 0.29) is 0 Å². The summed E-state index contributed by atoms with van der Waals surface area (Å²) in [5.74, 6) is 0. The molecule has 0 radical (unpaired) electrons. The molecule has 0 heterocycles. The Kier molecular flexibility index (Phi) is 20.2. The lowest BCUT2D eigenvalue weighted by molar-refractivity contribution is 0.630. The summed E-state index contributed by atoms with van der Waals surface area (Å²) in [6, 6.07) is 0. The Morgan fingerprint density at radius 2 is 1.22 bits per heavy atom. The lowest BCUT2D eigenvalue weighted by Crippen LogP contribution is -1.66. The molecule has 0 amide bonds. The molecule has 0 saturated heterocycles. The van der Waals surface area contributed by atoms with Crippen LogP contribution in [0.4, 0.5) is 0 Å². The molecule has 0 rings (SSSR count). The number of unbranched alkanes of at least 4 members (excludes halogenated alkanes) is 3. The van der Waals surface area contributed by atoms with Gasteiger partial charge in [-0.15, -0.1) is 0 Å². The number of hydrogen-bond donors (Lipinski definition) is 0. The zero-order valence-corrected chi connectivity index (χ0v) is 6.87. The smallest absolute Gasteiger partial charge is 0.168 e.